The average molecular weight is 419 g/mol. The highest BCUT2D eigenvalue weighted by atomic mass is 79.9. The minimum atomic E-state index is -0.535. The van der Waals surface area contributed by atoms with Crippen LogP contribution in [0.4, 0.5) is 10.3 Å². The SMILES string of the molecule is Cc1nc(NC(=O)CN2CC3(CC3)c3cc(Br)ccc3C2=O)ncc1F. The number of aromatic nitrogens is 2. The molecule has 8 heteroatoms. The first-order chi connectivity index (χ1) is 12.4. The van der Waals surface area contributed by atoms with E-state index in [0.717, 1.165) is 29.1 Å². The molecule has 0 saturated heterocycles. The summed E-state index contributed by atoms with van der Waals surface area (Å²) in [5.74, 6) is -1.06. The molecule has 1 saturated carbocycles. The van der Waals surface area contributed by atoms with Crippen LogP contribution in [0.2, 0.25) is 0 Å². The number of nitrogens with zero attached hydrogens (tertiary/aromatic N) is 3. The van der Waals surface area contributed by atoms with Gasteiger partial charge in [-0.3, -0.25) is 14.9 Å². The Morgan fingerprint density at radius 1 is 1.42 bits per heavy atom. The van der Waals surface area contributed by atoms with Gasteiger partial charge in [0, 0.05) is 22.0 Å². The summed E-state index contributed by atoms with van der Waals surface area (Å²) in [5, 5.41) is 2.53. The van der Waals surface area contributed by atoms with Crippen LogP contribution in [0.3, 0.4) is 0 Å². The van der Waals surface area contributed by atoms with Crippen LogP contribution < -0.4 is 5.32 Å². The van der Waals surface area contributed by atoms with Gasteiger partial charge < -0.3 is 4.90 Å². The van der Waals surface area contributed by atoms with Crippen molar-refractivity contribution >= 4 is 33.7 Å². The number of amides is 2. The summed E-state index contributed by atoms with van der Waals surface area (Å²) >= 11 is 3.46. The third-order valence-corrected chi connectivity index (χ3v) is 5.42. The summed E-state index contributed by atoms with van der Waals surface area (Å²) in [6.07, 6.45) is 3.02. The lowest BCUT2D eigenvalue weighted by Gasteiger charge is -2.34. The van der Waals surface area contributed by atoms with Crippen LogP contribution in [-0.4, -0.2) is 39.8 Å². The van der Waals surface area contributed by atoms with Crippen molar-refractivity contribution in [2.24, 2.45) is 0 Å². The number of carbonyl (C=O) groups excluding carboxylic acids is 2. The molecular weight excluding hydrogens is 403 g/mol. The van der Waals surface area contributed by atoms with Gasteiger partial charge in [-0.1, -0.05) is 15.9 Å². The van der Waals surface area contributed by atoms with Gasteiger partial charge in [0.05, 0.1) is 11.9 Å². The average Bonchev–Trinajstić information content (AvgIpc) is 3.36. The summed E-state index contributed by atoms with van der Waals surface area (Å²) in [7, 11) is 0. The van der Waals surface area contributed by atoms with Crippen molar-refractivity contribution in [1.82, 2.24) is 14.9 Å². The summed E-state index contributed by atoms with van der Waals surface area (Å²) in [6, 6.07) is 5.65. The van der Waals surface area contributed by atoms with Crippen molar-refractivity contribution in [2.45, 2.75) is 25.2 Å². The molecule has 0 atom stereocenters. The zero-order valence-corrected chi connectivity index (χ0v) is 15.6. The molecule has 1 spiro atoms. The van der Waals surface area contributed by atoms with Crippen LogP contribution in [0.25, 0.3) is 0 Å². The van der Waals surface area contributed by atoms with Crippen LogP contribution in [0, 0.1) is 12.7 Å². The molecule has 134 valence electrons. The molecule has 2 heterocycles. The topological polar surface area (TPSA) is 75.2 Å². The quantitative estimate of drug-likeness (QED) is 0.831. The lowest BCUT2D eigenvalue weighted by molar-refractivity contribution is -0.117. The summed E-state index contributed by atoms with van der Waals surface area (Å²) in [4.78, 5) is 34.3. The number of benzene rings is 1. The first-order valence-electron chi connectivity index (χ1n) is 8.26. The number of halogens is 2. The molecular formula is C18H16BrFN4O2. The summed E-state index contributed by atoms with van der Waals surface area (Å²) in [6.45, 7) is 1.93. The van der Waals surface area contributed by atoms with Gasteiger partial charge in [0.15, 0.2) is 5.82 Å². The highest BCUT2D eigenvalue weighted by Crippen LogP contribution is 2.52. The summed E-state index contributed by atoms with van der Waals surface area (Å²) < 4.78 is 14.2. The van der Waals surface area contributed by atoms with Gasteiger partial charge in [-0.05, 0) is 43.5 Å². The molecule has 1 fully saturated rings. The van der Waals surface area contributed by atoms with E-state index in [9.17, 15) is 14.0 Å². The maximum absolute atomic E-state index is 13.2. The molecule has 1 aromatic heterocycles. The van der Waals surface area contributed by atoms with Gasteiger partial charge in [0.1, 0.15) is 6.54 Å². The van der Waals surface area contributed by atoms with Gasteiger partial charge in [-0.2, -0.15) is 0 Å². The van der Waals surface area contributed by atoms with Gasteiger partial charge in [-0.15, -0.1) is 0 Å². The third-order valence-electron chi connectivity index (χ3n) is 4.92. The number of hydrogen-bond acceptors (Lipinski definition) is 4. The molecule has 0 unspecified atom stereocenters. The van der Waals surface area contributed by atoms with Crippen molar-refractivity contribution in [1.29, 1.82) is 0 Å². The lowest BCUT2D eigenvalue weighted by atomic mass is 9.86. The van der Waals surface area contributed by atoms with E-state index in [0.29, 0.717) is 12.1 Å². The molecule has 2 aromatic rings. The molecule has 4 rings (SSSR count). The van der Waals surface area contributed by atoms with E-state index in [2.05, 4.69) is 31.2 Å². The predicted molar refractivity (Wildman–Crippen MR) is 96.3 cm³/mol. The summed E-state index contributed by atoms with van der Waals surface area (Å²) in [5.41, 5.74) is 1.82. The van der Waals surface area contributed by atoms with E-state index in [1.54, 1.807) is 11.0 Å². The first-order valence-corrected chi connectivity index (χ1v) is 9.06. The van der Waals surface area contributed by atoms with Gasteiger partial charge in [0.2, 0.25) is 11.9 Å². The number of aryl methyl sites for hydroxylation is 1. The zero-order valence-electron chi connectivity index (χ0n) is 14.1. The number of carbonyl (C=O) groups is 2. The highest BCUT2D eigenvalue weighted by Gasteiger charge is 2.51. The Morgan fingerprint density at radius 3 is 2.88 bits per heavy atom. The van der Waals surface area contributed by atoms with E-state index >= 15 is 0 Å². The van der Waals surface area contributed by atoms with Crippen molar-refractivity contribution in [3.63, 3.8) is 0 Å². The maximum atomic E-state index is 13.2. The Morgan fingerprint density at radius 2 is 2.19 bits per heavy atom. The number of nitrogens with one attached hydrogen (secondary N) is 1. The van der Waals surface area contributed by atoms with Crippen molar-refractivity contribution < 1.29 is 14.0 Å². The van der Waals surface area contributed by atoms with Crippen LogP contribution in [0.1, 0.15) is 34.5 Å². The first kappa shape index (κ1) is 17.1. The second kappa shape index (κ2) is 6.12. The number of rotatable bonds is 3. The normalized spacial score (nSPS) is 17.2. The molecule has 0 bridgehead atoms. The molecule has 26 heavy (non-hydrogen) atoms. The van der Waals surface area contributed by atoms with E-state index in [-0.39, 0.29) is 29.5 Å². The van der Waals surface area contributed by atoms with Crippen LogP contribution in [0.5, 0.6) is 0 Å². The van der Waals surface area contributed by atoms with E-state index < -0.39 is 11.7 Å². The second-order valence-electron chi connectivity index (χ2n) is 6.81. The van der Waals surface area contributed by atoms with Crippen LogP contribution in [-0.2, 0) is 10.2 Å². The molecule has 1 aliphatic heterocycles. The van der Waals surface area contributed by atoms with E-state index in [4.69, 9.17) is 0 Å². The number of hydrogen-bond donors (Lipinski definition) is 1. The molecule has 2 aliphatic rings. The maximum Gasteiger partial charge on any atom is 0.254 e. The Hall–Kier alpha value is -2.35. The molecule has 6 nitrogen and oxygen atoms in total. The standard InChI is InChI=1S/C18H16BrFN4O2/c1-10-14(20)7-21-17(22-10)23-15(25)8-24-9-18(4-5-18)13-6-11(19)2-3-12(13)16(24)26/h2-3,6-7H,4-5,8-9H2,1H3,(H,21,22,23,25). The molecule has 0 radical (unpaired) electrons. The smallest absolute Gasteiger partial charge is 0.254 e. The Bertz CT molecular complexity index is 929. The number of fused-ring (bicyclic) bond motifs is 2. The Kier molecular flexibility index (Phi) is 4.02. The monoisotopic (exact) mass is 418 g/mol. The second-order valence-corrected chi connectivity index (χ2v) is 7.72. The van der Waals surface area contributed by atoms with Crippen molar-refractivity contribution in [3.8, 4) is 0 Å². The van der Waals surface area contributed by atoms with Crippen LogP contribution in [0.15, 0.2) is 28.9 Å². The molecule has 2 amide bonds. The third kappa shape index (κ3) is 2.98. The zero-order chi connectivity index (χ0) is 18.5. The van der Waals surface area contributed by atoms with Crippen molar-refractivity contribution in [3.05, 3.63) is 51.5 Å². The van der Waals surface area contributed by atoms with Gasteiger partial charge in [0.25, 0.3) is 5.91 Å². The van der Waals surface area contributed by atoms with Crippen molar-refractivity contribution in [2.75, 3.05) is 18.4 Å². The van der Waals surface area contributed by atoms with E-state index in [1.807, 2.05) is 12.1 Å². The minimum Gasteiger partial charge on any atom is -0.328 e. The Labute approximate surface area is 158 Å². The fourth-order valence-corrected chi connectivity index (χ4v) is 3.75. The largest absolute Gasteiger partial charge is 0.328 e. The minimum absolute atomic E-state index is 0.0313. The lowest BCUT2D eigenvalue weighted by Crippen LogP contribution is -2.46. The predicted octanol–water partition coefficient (Wildman–Crippen LogP) is 2.81. The fraction of sp³-hybridized carbons (Fsp3) is 0.333. The van der Waals surface area contributed by atoms with Gasteiger partial charge >= 0.3 is 0 Å². The Balaban J connectivity index is 1.52. The number of anilines is 1. The molecule has 1 aliphatic carbocycles. The molecule has 1 aromatic carbocycles. The van der Waals surface area contributed by atoms with Crippen LogP contribution >= 0.6 is 15.9 Å². The fourth-order valence-electron chi connectivity index (χ4n) is 3.39. The van der Waals surface area contributed by atoms with E-state index in [1.165, 1.54) is 6.92 Å². The molecule has 1 N–H and O–H groups in total. The van der Waals surface area contributed by atoms with Gasteiger partial charge in [-0.25, -0.2) is 14.4 Å². The highest BCUT2D eigenvalue weighted by molar-refractivity contribution is 9.10.